The molecular formula is C22H19F2NO2S. The van der Waals surface area contributed by atoms with Gasteiger partial charge < -0.3 is 14.8 Å². The van der Waals surface area contributed by atoms with E-state index in [1.165, 1.54) is 24.3 Å². The lowest BCUT2D eigenvalue weighted by molar-refractivity contribution is 0.284. The van der Waals surface area contributed by atoms with Gasteiger partial charge in [-0.2, -0.15) is 0 Å². The molecule has 0 aliphatic carbocycles. The molecule has 144 valence electrons. The van der Waals surface area contributed by atoms with Gasteiger partial charge in [0.1, 0.15) is 23.2 Å². The SMILES string of the molecule is COc1cccc(C(=S)NCc2ccc(F)cc2)c1OCc1ccc(F)cc1. The molecule has 0 unspecified atom stereocenters. The normalized spacial score (nSPS) is 10.4. The number of ether oxygens (including phenoxy) is 2. The highest BCUT2D eigenvalue weighted by Gasteiger charge is 2.15. The van der Waals surface area contributed by atoms with E-state index < -0.39 is 0 Å². The van der Waals surface area contributed by atoms with E-state index in [2.05, 4.69) is 5.32 Å². The Balaban J connectivity index is 1.74. The molecule has 0 radical (unpaired) electrons. The molecule has 0 saturated heterocycles. The number of rotatable bonds is 7. The Labute approximate surface area is 167 Å². The van der Waals surface area contributed by atoms with Crippen molar-refractivity contribution in [3.05, 3.63) is 95.1 Å². The van der Waals surface area contributed by atoms with Crippen molar-refractivity contribution < 1.29 is 18.3 Å². The summed E-state index contributed by atoms with van der Waals surface area (Å²) in [5, 5.41) is 3.16. The van der Waals surface area contributed by atoms with E-state index in [0.717, 1.165) is 11.1 Å². The van der Waals surface area contributed by atoms with Crippen molar-refractivity contribution in [1.82, 2.24) is 5.32 Å². The van der Waals surface area contributed by atoms with Crippen molar-refractivity contribution >= 4 is 17.2 Å². The number of para-hydroxylation sites is 1. The molecule has 0 aliphatic rings. The van der Waals surface area contributed by atoms with Crippen molar-refractivity contribution in [2.24, 2.45) is 0 Å². The molecule has 3 rings (SSSR count). The Hall–Kier alpha value is -2.99. The van der Waals surface area contributed by atoms with Crippen LogP contribution in [0.5, 0.6) is 11.5 Å². The van der Waals surface area contributed by atoms with Crippen LogP contribution in [0.15, 0.2) is 66.7 Å². The molecule has 0 heterocycles. The van der Waals surface area contributed by atoms with Gasteiger partial charge >= 0.3 is 0 Å². The molecular weight excluding hydrogens is 380 g/mol. The van der Waals surface area contributed by atoms with Gasteiger partial charge in [-0.1, -0.05) is 42.5 Å². The van der Waals surface area contributed by atoms with Crippen LogP contribution in [0.2, 0.25) is 0 Å². The number of hydrogen-bond acceptors (Lipinski definition) is 3. The van der Waals surface area contributed by atoms with Gasteiger partial charge in [0.2, 0.25) is 0 Å². The first-order chi connectivity index (χ1) is 13.6. The van der Waals surface area contributed by atoms with Crippen LogP contribution in [0.25, 0.3) is 0 Å². The number of nitrogens with one attached hydrogen (secondary N) is 1. The second-order valence-electron chi connectivity index (χ2n) is 6.06. The van der Waals surface area contributed by atoms with E-state index in [1.807, 2.05) is 12.1 Å². The second kappa shape index (κ2) is 9.28. The van der Waals surface area contributed by atoms with Crippen molar-refractivity contribution in [3.8, 4) is 11.5 Å². The predicted octanol–water partition coefficient (Wildman–Crippen LogP) is 5.02. The molecule has 6 heteroatoms. The van der Waals surface area contributed by atoms with Gasteiger partial charge in [0.15, 0.2) is 11.5 Å². The number of halogens is 2. The third-order valence-corrected chi connectivity index (χ3v) is 4.47. The highest BCUT2D eigenvalue weighted by atomic mass is 32.1. The summed E-state index contributed by atoms with van der Waals surface area (Å²) in [6, 6.07) is 17.7. The van der Waals surface area contributed by atoms with E-state index in [0.29, 0.717) is 28.6 Å². The zero-order chi connectivity index (χ0) is 19.9. The lowest BCUT2D eigenvalue weighted by Crippen LogP contribution is -2.22. The minimum atomic E-state index is -0.298. The molecule has 0 saturated carbocycles. The summed E-state index contributed by atoms with van der Waals surface area (Å²) < 4.78 is 37.5. The molecule has 0 aromatic heterocycles. The summed E-state index contributed by atoms with van der Waals surface area (Å²) >= 11 is 5.52. The zero-order valence-electron chi connectivity index (χ0n) is 15.2. The third-order valence-electron chi connectivity index (χ3n) is 4.11. The van der Waals surface area contributed by atoms with Crippen molar-refractivity contribution in [1.29, 1.82) is 0 Å². The van der Waals surface area contributed by atoms with Crippen LogP contribution in [0.3, 0.4) is 0 Å². The minimum Gasteiger partial charge on any atom is -0.493 e. The first-order valence-corrected chi connectivity index (χ1v) is 9.04. The fraction of sp³-hybridized carbons (Fsp3) is 0.136. The summed E-state index contributed by atoms with van der Waals surface area (Å²) in [7, 11) is 1.55. The van der Waals surface area contributed by atoms with Crippen molar-refractivity contribution in [2.75, 3.05) is 7.11 Å². The molecule has 0 spiro atoms. The predicted molar refractivity (Wildman–Crippen MR) is 109 cm³/mol. The summed E-state index contributed by atoms with van der Waals surface area (Å²) in [5.41, 5.74) is 2.41. The highest BCUT2D eigenvalue weighted by molar-refractivity contribution is 7.80. The Morgan fingerprint density at radius 3 is 2.11 bits per heavy atom. The fourth-order valence-electron chi connectivity index (χ4n) is 2.62. The standard InChI is InChI=1S/C22H19F2NO2S/c1-26-20-4-2-3-19(21(20)27-14-16-7-11-18(24)12-8-16)22(28)25-13-15-5-9-17(23)10-6-15/h2-12H,13-14H2,1H3,(H,25,28). The molecule has 0 fully saturated rings. The van der Waals surface area contributed by atoms with Crippen LogP contribution < -0.4 is 14.8 Å². The van der Waals surface area contributed by atoms with Crippen LogP contribution in [0, 0.1) is 11.6 Å². The maximum absolute atomic E-state index is 13.1. The van der Waals surface area contributed by atoms with Gasteiger partial charge in [-0.15, -0.1) is 0 Å². The van der Waals surface area contributed by atoms with Crippen molar-refractivity contribution in [3.63, 3.8) is 0 Å². The summed E-state index contributed by atoms with van der Waals surface area (Å²) in [5.74, 6) is 0.472. The summed E-state index contributed by atoms with van der Waals surface area (Å²) in [4.78, 5) is 0.484. The van der Waals surface area contributed by atoms with Crippen molar-refractivity contribution in [2.45, 2.75) is 13.2 Å². The highest BCUT2D eigenvalue weighted by Crippen LogP contribution is 2.32. The Morgan fingerprint density at radius 1 is 0.893 bits per heavy atom. The van der Waals surface area contributed by atoms with E-state index in [-0.39, 0.29) is 18.2 Å². The molecule has 0 atom stereocenters. The number of methoxy groups -OCH3 is 1. The van der Waals surface area contributed by atoms with Crippen LogP contribution in [0.4, 0.5) is 8.78 Å². The van der Waals surface area contributed by atoms with Gasteiger partial charge in [-0.05, 0) is 47.5 Å². The molecule has 0 amide bonds. The zero-order valence-corrected chi connectivity index (χ0v) is 16.1. The average molecular weight is 399 g/mol. The Kier molecular flexibility index (Phi) is 6.55. The molecule has 3 aromatic carbocycles. The van der Waals surface area contributed by atoms with Crippen LogP contribution in [0.1, 0.15) is 16.7 Å². The van der Waals surface area contributed by atoms with E-state index in [1.54, 1.807) is 37.4 Å². The molecule has 3 nitrogen and oxygen atoms in total. The third kappa shape index (κ3) is 5.04. The fourth-order valence-corrected chi connectivity index (χ4v) is 2.85. The maximum Gasteiger partial charge on any atom is 0.171 e. The van der Waals surface area contributed by atoms with Gasteiger partial charge in [-0.25, -0.2) is 8.78 Å². The first-order valence-electron chi connectivity index (χ1n) is 8.63. The van der Waals surface area contributed by atoms with Gasteiger partial charge in [0.05, 0.1) is 12.7 Å². The minimum absolute atomic E-state index is 0.244. The maximum atomic E-state index is 13.1. The number of thiocarbonyl (C=S) groups is 1. The van der Waals surface area contributed by atoms with Gasteiger partial charge in [-0.3, -0.25) is 0 Å². The quantitative estimate of drug-likeness (QED) is 0.566. The van der Waals surface area contributed by atoms with E-state index in [9.17, 15) is 8.78 Å². The van der Waals surface area contributed by atoms with E-state index in [4.69, 9.17) is 21.7 Å². The lowest BCUT2D eigenvalue weighted by Gasteiger charge is -2.17. The monoisotopic (exact) mass is 399 g/mol. The van der Waals surface area contributed by atoms with Gasteiger partial charge in [0.25, 0.3) is 0 Å². The van der Waals surface area contributed by atoms with Crippen LogP contribution >= 0.6 is 12.2 Å². The molecule has 28 heavy (non-hydrogen) atoms. The average Bonchev–Trinajstić information content (AvgIpc) is 2.72. The first kappa shape index (κ1) is 19.8. The summed E-state index contributed by atoms with van der Waals surface area (Å²) in [6.07, 6.45) is 0. The number of benzene rings is 3. The largest absolute Gasteiger partial charge is 0.493 e. The molecule has 0 aliphatic heterocycles. The van der Waals surface area contributed by atoms with Gasteiger partial charge in [0, 0.05) is 6.54 Å². The molecule has 3 aromatic rings. The summed E-state index contributed by atoms with van der Waals surface area (Å²) in [6.45, 7) is 0.696. The lowest BCUT2D eigenvalue weighted by atomic mass is 10.1. The Bertz CT molecular complexity index is 944. The van der Waals surface area contributed by atoms with E-state index >= 15 is 0 Å². The molecule has 0 bridgehead atoms. The van der Waals surface area contributed by atoms with Crippen LogP contribution in [-0.2, 0) is 13.2 Å². The number of hydrogen-bond donors (Lipinski definition) is 1. The van der Waals surface area contributed by atoms with Crippen LogP contribution in [-0.4, -0.2) is 12.1 Å². The molecule has 1 N–H and O–H groups in total. The second-order valence-corrected chi connectivity index (χ2v) is 6.47. The Morgan fingerprint density at radius 2 is 1.50 bits per heavy atom. The smallest absolute Gasteiger partial charge is 0.171 e. The topological polar surface area (TPSA) is 30.5 Å².